The molecule has 2 aromatic carbocycles. The number of carbonyl (C=O) groups excluding carboxylic acids is 1. The maximum atomic E-state index is 11.3. The minimum atomic E-state index is -0.384. The highest BCUT2D eigenvalue weighted by atomic mass is 16.6. The van der Waals surface area contributed by atoms with Crippen LogP contribution in [0.15, 0.2) is 48.6 Å². The number of phenols is 1. The number of carbonyl (C=O) groups is 1. The SMILES string of the molecule is COc1cc(C2Nc3c(O)cccc3C3C=CCC32)ccc1OC(C)=O. The van der Waals surface area contributed by atoms with Gasteiger partial charge in [0.1, 0.15) is 5.75 Å². The van der Waals surface area contributed by atoms with Gasteiger partial charge in [0, 0.05) is 12.8 Å². The Morgan fingerprint density at radius 3 is 2.85 bits per heavy atom. The van der Waals surface area contributed by atoms with Gasteiger partial charge in [0.2, 0.25) is 0 Å². The zero-order valence-corrected chi connectivity index (χ0v) is 14.7. The number of aromatic hydroxyl groups is 1. The Bertz CT molecular complexity index is 890. The van der Waals surface area contributed by atoms with Crippen LogP contribution < -0.4 is 14.8 Å². The molecule has 0 saturated heterocycles. The van der Waals surface area contributed by atoms with E-state index in [9.17, 15) is 9.90 Å². The first-order chi connectivity index (χ1) is 12.6. The Balaban J connectivity index is 1.74. The van der Waals surface area contributed by atoms with Gasteiger partial charge in [0.15, 0.2) is 11.5 Å². The predicted octanol–water partition coefficient (Wildman–Crippen LogP) is 4.15. The summed E-state index contributed by atoms with van der Waals surface area (Å²) in [5.41, 5.74) is 2.95. The van der Waals surface area contributed by atoms with Crippen LogP contribution in [0.4, 0.5) is 5.69 Å². The van der Waals surface area contributed by atoms with Gasteiger partial charge in [0.05, 0.1) is 18.8 Å². The minimum Gasteiger partial charge on any atom is -0.506 e. The van der Waals surface area contributed by atoms with E-state index in [1.54, 1.807) is 19.2 Å². The lowest BCUT2D eigenvalue weighted by atomic mass is 9.77. The third-order valence-corrected chi connectivity index (χ3v) is 5.18. The average Bonchev–Trinajstić information content (AvgIpc) is 3.11. The second kappa shape index (κ2) is 6.41. The smallest absolute Gasteiger partial charge is 0.308 e. The standard InChI is InChI=1S/C21H21NO4/c1-12(23)26-18-10-9-13(11-19(18)25-2)20-15-6-3-5-14(15)16-7-4-8-17(24)21(16)22-20/h3-5,7-11,14-15,20,22,24H,6H2,1-2H3. The van der Waals surface area contributed by atoms with Crippen molar-refractivity contribution in [3.8, 4) is 17.2 Å². The van der Waals surface area contributed by atoms with E-state index in [1.807, 2.05) is 18.2 Å². The summed E-state index contributed by atoms with van der Waals surface area (Å²) in [6.45, 7) is 1.37. The number of esters is 1. The van der Waals surface area contributed by atoms with Crippen molar-refractivity contribution in [2.75, 3.05) is 12.4 Å². The van der Waals surface area contributed by atoms with Crippen LogP contribution in [0.5, 0.6) is 17.2 Å². The number of methoxy groups -OCH3 is 1. The van der Waals surface area contributed by atoms with E-state index in [4.69, 9.17) is 9.47 Å². The molecular weight excluding hydrogens is 330 g/mol. The Labute approximate surface area is 152 Å². The Morgan fingerprint density at radius 2 is 2.08 bits per heavy atom. The predicted molar refractivity (Wildman–Crippen MR) is 98.8 cm³/mol. The minimum absolute atomic E-state index is 0.0241. The summed E-state index contributed by atoms with van der Waals surface area (Å²) < 4.78 is 10.6. The molecule has 26 heavy (non-hydrogen) atoms. The molecule has 3 atom stereocenters. The van der Waals surface area contributed by atoms with Gasteiger partial charge in [-0.1, -0.05) is 30.4 Å². The van der Waals surface area contributed by atoms with Crippen LogP contribution in [0, 0.1) is 5.92 Å². The second-order valence-corrected chi connectivity index (χ2v) is 6.72. The zero-order chi connectivity index (χ0) is 18.3. The number of rotatable bonds is 3. The van der Waals surface area contributed by atoms with E-state index >= 15 is 0 Å². The fraction of sp³-hybridized carbons (Fsp3) is 0.286. The molecular formula is C21H21NO4. The number of benzene rings is 2. The summed E-state index contributed by atoms with van der Waals surface area (Å²) in [7, 11) is 1.56. The van der Waals surface area contributed by atoms with Crippen molar-refractivity contribution in [1.82, 2.24) is 0 Å². The second-order valence-electron chi connectivity index (χ2n) is 6.72. The highest BCUT2D eigenvalue weighted by Gasteiger charge is 2.39. The van der Waals surface area contributed by atoms with Gasteiger partial charge < -0.3 is 19.9 Å². The lowest BCUT2D eigenvalue weighted by Gasteiger charge is -2.37. The molecule has 1 aliphatic heterocycles. The van der Waals surface area contributed by atoms with Gasteiger partial charge in [-0.15, -0.1) is 0 Å². The molecule has 0 bridgehead atoms. The van der Waals surface area contributed by atoms with Crippen molar-refractivity contribution >= 4 is 11.7 Å². The molecule has 5 heteroatoms. The first-order valence-electron chi connectivity index (χ1n) is 8.70. The Kier molecular flexibility index (Phi) is 4.07. The largest absolute Gasteiger partial charge is 0.506 e. The molecule has 0 spiro atoms. The van der Waals surface area contributed by atoms with Gasteiger partial charge in [-0.2, -0.15) is 0 Å². The quantitative estimate of drug-likeness (QED) is 0.376. The van der Waals surface area contributed by atoms with Crippen LogP contribution in [0.25, 0.3) is 0 Å². The molecule has 3 unspecified atom stereocenters. The molecule has 2 aliphatic rings. The van der Waals surface area contributed by atoms with E-state index in [-0.39, 0.29) is 23.7 Å². The number of hydrogen-bond acceptors (Lipinski definition) is 5. The van der Waals surface area contributed by atoms with E-state index in [1.165, 1.54) is 6.92 Å². The highest BCUT2D eigenvalue weighted by molar-refractivity contribution is 5.71. The number of anilines is 1. The van der Waals surface area contributed by atoms with E-state index < -0.39 is 0 Å². The highest BCUT2D eigenvalue weighted by Crippen LogP contribution is 2.52. The summed E-state index contributed by atoms with van der Waals surface area (Å²) in [6.07, 6.45) is 5.39. The molecule has 1 heterocycles. The van der Waals surface area contributed by atoms with Gasteiger partial charge in [0.25, 0.3) is 0 Å². The molecule has 0 fully saturated rings. The van der Waals surface area contributed by atoms with Gasteiger partial charge in [-0.25, -0.2) is 0 Å². The maximum Gasteiger partial charge on any atom is 0.308 e. The fourth-order valence-electron chi connectivity index (χ4n) is 4.05. The lowest BCUT2D eigenvalue weighted by molar-refractivity contribution is -0.132. The Morgan fingerprint density at radius 1 is 1.23 bits per heavy atom. The van der Waals surface area contributed by atoms with E-state index in [2.05, 4.69) is 23.5 Å². The number of fused-ring (bicyclic) bond motifs is 3. The van der Waals surface area contributed by atoms with Crippen LogP contribution in [-0.2, 0) is 4.79 Å². The molecule has 5 nitrogen and oxygen atoms in total. The normalized spacial score (nSPS) is 22.9. The van der Waals surface area contributed by atoms with Crippen LogP contribution >= 0.6 is 0 Å². The number of phenolic OH excluding ortho intramolecular Hbond substituents is 1. The lowest BCUT2D eigenvalue weighted by Crippen LogP contribution is -2.29. The molecule has 0 radical (unpaired) electrons. The van der Waals surface area contributed by atoms with Crippen molar-refractivity contribution in [1.29, 1.82) is 0 Å². The summed E-state index contributed by atoms with van der Waals surface area (Å²) in [5.74, 6) is 1.42. The van der Waals surface area contributed by atoms with Gasteiger partial charge >= 0.3 is 5.97 Å². The van der Waals surface area contributed by atoms with Crippen LogP contribution in [0.1, 0.15) is 36.4 Å². The fourth-order valence-corrected chi connectivity index (χ4v) is 4.05. The van der Waals surface area contributed by atoms with Crippen LogP contribution in [-0.4, -0.2) is 18.2 Å². The Hall–Kier alpha value is -2.95. The van der Waals surface area contributed by atoms with Crippen molar-refractivity contribution < 1.29 is 19.4 Å². The molecule has 2 N–H and O–H groups in total. The zero-order valence-electron chi connectivity index (χ0n) is 14.7. The summed E-state index contributed by atoms with van der Waals surface area (Å²) in [4.78, 5) is 11.3. The first kappa shape index (κ1) is 16.5. The number of ether oxygens (including phenoxy) is 2. The molecule has 4 rings (SSSR count). The van der Waals surface area contributed by atoms with E-state index in [0.29, 0.717) is 17.4 Å². The number of allylic oxidation sites excluding steroid dienone is 2. The number of para-hydroxylation sites is 1. The summed E-state index contributed by atoms with van der Waals surface area (Å²) in [5, 5.41) is 13.8. The summed E-state index contributed by atoms with van der Waals surface area (Å²) in [6, 6.07) is 11.3. The van der Waals surface area contributed by atoms with Crippen molar-refractivity contribution in [2.24, 2.45) is 5.92 Å². The van der Waals surface area contributed by atoms with Crippen LogP contribution in [0.2, 0.25) is 0 Å². The third-order valence-electron chi connectivity index (χ3n) is 5.18. The molecule has 134 valence electrons. The molecule has 1 aliphatic carbocycles. The van der Waals surface area contributed by atoms with Gasteiger partial charge in [-0.05, 0) is 41.7 Å². The molecule has 0 saturated carbocycles. The van der Waals surface area contributed by atoms with Gasteiger partial charge in [-0.3, -0.25) is 4.79 Å². The van der Waals surface area contributed by atoms with Crippen molar-refractivity contribution in [3.05, 3.63) is 59.7 Å². The maximum absolute atomic E-state index is 11.3. The topological polar surface area (TPSA) is 67.8 Å². The molecule has 0 aromatic heterocycles. The first-order valence-corrected chi connectivity index (χ1v) is 8.70. The molecule has 2 aromatic rings. The average molecular weight is 351 g/mol. The third kappa shape index (κ3) is 2.69. The van der Waals surface area contributed by atoms with Crippen molar-refractivity contribution in [3.63, 3.8) is 0 Å². The monoisotopic (exact) mass is 351 g/mol. The molecule has 0 amide bonds. The summed E-state index contributed by atoms with van der Waals surface area (Å²) >= 11 is 0. The van der Waals surface area contributed by atoms with Crippen LogP contribution in [0.3, 0.4) is 0 Å². The van der Waals surface area contributed by atoms with E-state index in [0.717, 1.165) is 23.2 Å². The van der Waals surface area contributed by atoms with Crippen molar-refractivity contribution in [2.45, 2.75) is 25.3 Å². The number of nitrogens with one attached hydrogen (secondary N) is 1. The number of hydrogen-bond donors (Lipinski definition) is 2.